The lowest BCUT2D eigenvalue weighted by Gasteiger charge is -2.29. The van der Waals surface area contributed by atoms with E-state index in [0.717, 1.165) is 11.1 Å². The lowest BCUT2D eigenvalue weighted by atomic mass is 10.2. The molecule has 3 rings (SSSR count). The van der Waals surface area contributed by atoms with E-state index < -0.39 is 10.0 Å². The molecule has 0 aliphatic carbocycles. The van der Waals surface area contributed by atoms with Gasteiger partial charge in [0.15, 0.2) is 0 Å². The summed E-state index contributed by atoms with van der Waals surface area (Å²) in [6, 6.07) is 12.3. The normalized spacial score (nSPS) is 13.8. The van der Waals surface area contributed by atoms with Gasteiger partial charge in [0, 0.05) is 13.0 Å². The number of benzene rings is 2. The number of nitrogens with zero attached hydrogens (tertiary/aromatic N) is 1. The molecule has 0 unspecified atom stereocenters. The first-order valence-corrected chi connectivity index (χ1v) is 9.60. The van der Waals surface area contributed by atoms with Gasteiger partial charge in [0.05, 0.1) is 23.7 Å². The Bertz CT molecular complexity index is 909. The van der Waals surface area contributed by atoms with E-state index in [0.29, 0.717) is 30.3 Å². The summed E-state index contributed by atoms with van der Waals surface area (Å²) in [5.74, 6) is 0.321. The summed E-state index contributed by atoms with van der Waals surface area (Å²) < 4.78 is 32.9. The molecule has 1 aliphatic rings. The zero-order valence-corrected chi connectivity index (χ0v) is 15.0. The Morgan fingerprint density at radius 3 is 2.76 bits per heavy atom. The Hall–Kier alpha value is -2.54. The van der Waals surface area contributed by atoms with E-state index in [2.05, 4.69) is 4.72 Å². The van der Waals surface area contributed by atoms with Crippen molar-refractivity contribution >= 4 is 27.3 Å². The van der Waals surface area contributed by atoms with Gasteiger partial charge in [-0.3, -0.25) is 9.52 Å². The molecule has 1 N–H and O–H groups in total. The van der Waals surface area contributed by atoms with Gasteiger partial charge < -0.3 is 9.64 Å². The van der Waals surface area contributed by atoms with Crippen LogP contribution >= 0.6 is 0 Å². The minimum Gasteiger partial charge on any atom is -0.489 e. The van der Waals surface area contributed by atoms with Crippen molar-refractivity contribution in [1.29, 1.82) is 0 Å². The van der Waals surface area contributed by atoms with Crippen LogP contribution in [-0.2, 0) is 20.6 Å². The van der Waals surface area contributed by atoms with E-state index in [4.69, 9.17) is 4.74 Å². The number of hydrogen-bond donors (Lipinski definition) is 1. The van der Waals surface area contributed by atoms with Crippen LogP contribution in [0.5, 0.6) is 5.75 Å². The van der Waals surface area contributed by atoms with Crippen molar-refractivity contribution in [2.75, 3.05) is 22.8 Å². The number of hydrogen-bond acceptors (Lipinski definition) is 4. The zero-order chi connectivity index (χ0) is 18.0. The molecule has 7 heteroatoms. The van der Waals surface area contributed by atoms with Crippen molar-refractivity contribution in [1.82, 2.24) is 0 Å². The number of carbonyl (C=O) groups is 1. The average molecular weight is 360 g/mol. The molecule has 2 aromatic rings. The van der Waals surface area contributed by atoms with Crippen LogP contribution in [0.1, 0.15) is 18.1 Å². The molecule has 1 amide bonds. The second kappa shape index (κ2) is 6.76. The van der Waals surface area contributed by atoms with Crippen molar-refractivity contribution in [2.45, 2.75) is 19.6 Å². The second-order valence-corrected chi connectivity index (χ2v) is 7.77. The topological polar surface area (TPSA) is 75.7 Å². The van der Waals surface area contributed by atoms with E-state index in [1.165, 1.54) is 6.92 Å². The first kappa shape index (κ1) is 17.3. The maximum Gasteiger partial charge on any atom is 0.236 e. The molecule has 2 aromatic carbocycles. The predicted molar refractivity (Wildman–Crippen MR) is 97.4 cm³/mol. The Kier molecular flexibility index (Phi) is 4.67. The van der Waals surface area contributed by atoms with Crippen LogP contribution in [-0.4, -0.2) is 27.5 Å². The van der Waals surface area contributed by atoms with Crippen LogP contribution in [0.4, 0.5) is 11.4 Å². The monoisotopic (exact) mass is 360 g/mol. The third-order valence-corrected chi connectivity index (χ3v) is 5.18. The van der Waals surface area contributed by atoms with Crippen LogP contribution in [0.15, 0.2) is 42.5 Å². The van der Waals surface area contributed by atoms with Crippen LogP contribution in [0.3, 0.4) is 0 Å². The van der Waals surface area contributed by atoms with Gasteiger partial charge in [0.1, 0.15) is 12.4 Å². The van der Waals surface area contributed by atoms with E-state index in [1.54, 1.807) is 29.2 Å². The van der Waals surface area contributed by atoms with Crippen LogP contribution in [0.2, 0.25) is 0 Å². The molecule has 0 aromatic heterocycles. The Morgan fingerprint density at radius 2 is 2.04 bits per heavy atom. The quantitative estimate of drug-likeness (QED) is 0.910. The van der Waals surface area contributed by atoms with Gasteiger partial charge in [-0.25, -0.2) is 8.42 Å². The van der Waals surface area contributed by atoms with E-state index in [9.17, 15) is 13.2 Å². The number of anilines is 2. The molecule has 0 atom stereocenters. The van der Waals surface area contributed by atoms with Crippen molar-refractivity contribution in [3.8, 4) is 5.75 Å². The minimum absolute atomic E-state index is 0.0719. The van der Waals surface area contributed by atoms with Crippen LogP contribution < -0.4 is 14.4 Å². The minimum atomic E-state index is -3.55. The van der Waals surface area contributed by atoms with E-state index in [1.807, 2.05) is 25.1 Å². The SMILES string of the molecule is CC(=O)N1CCOc2cc(NS(=O)(=O)Cc3cccc(C)c3)ccc21. The number of nitrogens with one attached hydrogen (secondary N) is 1. The molecule has 0 spiro atoms. The highest BCUT2D eigenvalue weighted by atomic mass is 32.2. The average Bonchev–Trinajstić information content (AvgIpc) is 2.53. The summed E-state index contributed by atoms with van der Waals surface area (Å²) in [5, 5.41) is 0. The summed E-state index contributed by atoms with van der Waals surface area (Å²) in [5.41, 5.74) is 2.81. The smallest absolute Gasteiger partial charge is 0.236 e. The van der Waals surface area contributed by atoms with Gasteiger partial charge in [-0.2, -0.15) is 0 Å². The molecule has 1 heterocycles. The molecule has 0 radical (unpaired) electrons. The number of fused-ring (bicyclic) bond motifs is 1. The molecule has 0 saturated carbocycles. The summed E-state index contributed by atoms with van der Waals surface area (Å²) in [6.45, 7) is 4.28. The van der Waals surface area contributed by atoms with E-state index >= 15 is 0 Å². The van der Waals surface area contributed by atoms with Gasteiger partial charge in [0.2, 0.25) is 15.9 Å². The van der Waals surface area contributed by atoms with Gasteiger partial charge in [-0.15, -0.1) is 0 Å². The number of amides is 1. The number of carbonyl (C=O) groups excluding carboxylic acids is 1. The first-order valence-electron chi connectivity index (χ1n) is 7.95. The molecule has 1 aliphatic heterocycles. The highest BCUT2D eigenvalue weighted by Gasteiger charge is 2.22. The molecule has 25 heavy (non-hydrogen) atoms. The molecule has 0 bridgehead atoms. The molecular weight excluding hydrogens is 340 g/mol. The largest absolute Gasteiger partial charge is 0.489 e. The highest BCUT2D eigenvalue weighted by Crippen LogP contribution is 2.34. The van der Waals surface area contributed by atoms with Crippen LogP contribution in [0, 0.1) is 6.92 Å². The number of aryl methyl sites for hydroxylation is 1. The number of ether oxygens (including phenoxy) is 1. The third-order valence-electron chi connectivity index (χ3n) is 3.92. The Labute approximate surface area is 147 Å². The molecule has 0 fully saturated rings. The first-order chi connectivity index (χ1) is 11.8. The lowest BCUT2D eigenvalue weighted by molar-refractivity contribution is -0.116. The fourth-order valence-corrected chi connectivity index (χ4v) is 4.02. The van der Waals surface area contributed by atoms with Gasteiger partial charge >= 0.3 is 0 Å². The standard InChI is InChI=1S/C18H20N2O4S/c1-13-4-3-5-15(10-13)12-25(22,23)19-16-6-7-17-18(11-16)24-9-8-20(17)14(2)21/h3-7,10-11,19H,8-9,12H2,1-2H3. The maximum atomic E-state index is 12.4. The highest BCUT2D eigenvalue weighted by molar-refractivity contribution is 7.91. The van der Waals surface area contributed by atoms with Crippen LogP contribution in [0.25, 0.3) is 0 Å². The third kappa shape index (κ3) is 4.11. The Morgan fingerprint density at radius 1 is 1.24 bits per heavy atom. The molecular formula is C18H20N2O4S. The number of sulfonamides is 1. The maximum absolute atomic E-state index is 12.4. The molecule has 132 valence electrons. The van der Waals surface area contributed by atoms with Gasteiger partial charge in [0.25, 0.3) is 0 Å². The molecule has 0 saturated heterocycles. The predicted octanol–water partition coefficient (Wildman–Crippen LogP) is 2.68. The van der Waals surface area contributed by atoms with Crippen molar-refractivity contribution in [2.24, 2.45) is 0 Å². The second-order valence-electron chi connectivity index (χ2n) is 6.05. The fraction of sp³-hybridized carbons (Fsp3) is 0.278. The number of rotatable bonds is 4. The fourth-order valence-electron chi connectivity index (χ4n) is 2.85. The lowest BCUT2D eigenvalue weighted by Crippen LogP contribution is -2.36. The summed E-state index contributed by atoms with van der Waals surface area (Å²) in [6.07, 6.45) is 0. The van der Waals surface area contributed by atoms with Gasteiger partial charge in [-0.05, 0) is 24.6 Å². The molecule has 6 nitrogen and oxygen atoms in total. The summed E-state index contributed by atoms with van der Waals surface area (Å²) in [7, 11) is -3.55. The van der Waals surface area contributed by atoms with Crippen molar-refractivity contribution < 1.29 is 17.9 Å². The zero-order valence-electron chi connectivity index (χ0n) is 14.2. The Balaban J connectivity index is 1.80. The summed E-state index contributed by atoms with van der Waals surface area (Å²) in [4.78, 5) is 13.3. The van der Waals surface area contributed by atoms with Crippen molar-refractivity contribution in [3.63, 3.8) is 0 Å². The van der Waals surface area contributed by atoms with E-state index in [-0.39, 0.29) is 11.7 Å². The summed E-state index contributed by atoms with van der Waals surface area (Å²) >= 11 is 0. The van der Waals surface area contributed by atoms with Gasteiger partial charge in [-0.1, -0.05) is 29.8 Å². The van der Waals surface area contributed by atoms with Crippen molar-refractivity contribution in [3.05, 3.63) is 53.6 Å².